The van der Waals surface area contributed by atoms with Gasteiger partial charge in [0.05, 0.1) is 17.2 Å². The van der Waals surface area contributed by atoms with Gasteiger partial charge in [-0.15, -0.1) is 0 Å². The predicted molar refractivity (Wildman–Crippen MR) is 242 cm³/mol. The van der Waals surface area contributed by atoms with Gasteiger partial charge in [0.15, 0.2) is 0 Å². The summed E-state index contributed by atoms with van der Waals surface area (Å²) in [6.45, 7) is 16.6. The van der Waals surface area contributed by atoms with E-state index in [1.54, 1.807) is 24.4 Å². The second-order valence-corrected chi connectivity index (χ2v) is 18.8. The normalized spacial score (nSPS) is 17.7. The molecule has 0 saturated carbocycles. The average Bonchev–Trinajstić information content (AvgIpc) is 3.24. The summed E-state index contributed by atoms with van der Waals surface area (Å²) < 4.78 is 24.7. The summed E-state index contributed by atoms with van der Waals surface area (Å²) in [6, 6.07) is 19.3. The first-order valence-electron chi connectivity index (χ1n) is 22.1. The molecule has 3 aliphatic heterocycles. The molecule has 1 atom stereocenters. The van der Waals surface area contributed by atoms with Crippen LogP contribution in [0.25, 0.3) is 11.1 Å². The number of carboxylic acid groups (broad SMARTS) is 1. The zero-order valence-corrected chi connectivity index (χ0v) is 38.0. The molecular formula is C50H60ClN5O7. The van der Waals surface area contributed by atoms with Crippen LogP contribution in [0.2, 0.25) is 5.02 Å². The molecule has 3 saturated heterocycles. The third-order valence-electron chi connectivity index (χ3n) is 12.6. The van der Waals surface area contributed by atoms with E-state index < -0.39 is 17.6 Å². The Morgan fingerprint density at radius 2 is 1.62 bits per heavy atom. The van der Waals surface area contributed by atoms with Crippen LogP contribution in [0.4, 0.5) is 4.79 Å². The molecule has 0 unspecified atom stereocenters. The highest BCUT2D eigenvalue weighted by atomic mass is 35.5. The van der Waals surface area contributed by atoms with Crippen LogP contribution in [0.3, 0.4) is 0 Å². The van der Waals surface area contributed by atoms with Crippen molar-refractivity contribution in [3.63, 3.8) is 0 Å². The second-order valence-electron chi connectivity index (χ2n) is 18.4. The summed E-state index contributed by atoms with van der Waals surface area (Å²) in [4.78, 5) is 35.1. The number of nitrogens with zero attached hydrogens (tertiary/aromatic N) is 5. The SMILES string of the molecule is Cc1c(COc2cc(OCc3cncc(C#N)c3)c(CN3CCCC[C@H]3C(=O)O)cc2Cl)cccc1-c1cccc(OCCCN2CCC3(CC2)CN(C(=O)OC(C)(C)C)C3)c1C. The van der Waals surface area contributed by atoms with Gasteiger partial charge in [-0.3, -0.25) is 14.7 Å². The van der Waals surface area contributed by atoms with Crippen LogP contribution in [0.5, 0.6) is 17.2 Å². The number of aliphatic carboxylic acids is 1. The monoisotopic (exact) mass is 877 g/mol. The summed E-state index contributed by atoms with van der Waals surface area (Å²) in [5.41, 5.74) is 7.03. The maximum absolute atomic E-state index is 12.5. The second kappa shape index (κ2) is 20.0. The largest absolute Gasteiger partial charge is 0.493 e. The van der Waals surface area contributed by atoms with E-state index in [1.165, 1.54) is 6.20 Å². The molecule has 3 aliphatic rings. The Balaban J connectivity index is 0.967. The highest BCUT2D eigenvalue weighted by Crippen LogP contribution is 2.41. The van der Waals surface area contributed by atoms with Crippen molar-refractivity contribution >= 4 is 23.7 Å². The molecule has 12 nitrogen and oxygen atoms in total. The third-order valence-corrected chi connectivity index (χ3v) is 12.9. The minimum atomic E-state index is -0.835. The fourth-order valence-electron chi connectivity index (χ4n) is 9.02. The summed E-state index contributed by atoms with van der Waals surface area (Å²) in [7, 11) is 0. The van der Waals surface area contributed by atoms with Crippen LogP contribution in [0.1, 0.15) is 92.7 Å². The minimum absolute atomic E-state index is 0.153. The van der Waals surface area contributed by atoms with Crippen molar-refractivity contribution in [2.75, 3.05) is 45.9 Å². The van der Waals surface area contributed by atoms with Gasteiger partial charge >= 0.3 is 12.1 Å². The molecule has 4 aromatic rings. The highest BCUT2D eigenvalue weighted by molar-refractivity contribution is 6.32. The summed E-state index contributed by atoms with van der Waals surface area (Å²) in [5.74, 6) is 1.01. The van der Waals surface area contributed by atoms with Gasteiger partial charge in [-0.2, -0.15) is 5.26 Å². The Morgan fingerprint density at radius 1 is 0.889 bits per heavy atom. The third kappa shape index (κ3) is 11.4. The number of rotatable bonds is 15. The molecule has 4 heterocycles. The molecule has 0 bridgehead atoms. The number of benzene rings is 3. The van der Waals surface area contributed by atoms with Crippen LogP contribution in [0.15, 0.2) is 67.0 Å². The lowest BCUT2D eigenvalue weighted by atomic mass is 9.72. The number of nitriles is 1. The Hall–Kier alpha value is -5.35. The molecule has 0 radical (unpaired) electrons. The standard InChI is InChI=1S/C50H60ClN5O7/c1-34-38(31-62-46-25-45(61-30-37-23-36(26-52)27-53-28-37)39(24-42(46)51)29-55-19-7-6-14-43(55)47(57)58)11-8-12-40(34)41-13-9-15-44(35(41)2)60-22-10-18-54-20-16-50(17-21-54)32-56(33-50)48(59)63-49(3,4)5/h8-9,11-13,15,23-25,27-28,43H,6-7,10,14,16-22,29-33H2,1-5H3,(H,57,58)/t43-/m0/s1. The lowest BCUT2D eigenvalue weighted by Crippen LogP contribution is -2.62. The Bertz CT molecular complexity index is 2310. The number of carboxylic acids is 1. The highest BCUT2D eigenvalue weighted by Gasteiger charge is 2.47. The molecular weight excluding hydrogens is 818 g/mol. The van der Waals surface area contributed by atoms with Crippen LogP contribution in [-0.4, -0.2) is 94.4 Å². The van der Waals surface area contributed by atoms with Gasteiger partial charge in [-0.1, -0.05) is 48.4 Å². The molecule has 13 heteroatoms. The maximum Gasteiger partial charge on any atom is 0.410 e. The molecule has 3 fully saturated rings. The minimum Gasteiger partial charge on any atom is -0.493 e. The first-order valence-corrected chi connectivity index (χ1v) is 22.5. The van der Waals surface area contributed by atoms with E-state index >= 15 is 0 Å². The van der Waals surface area contributed by atoms with E-state index in [0.29, 0.717) is 48.2 Å². The lowest BCUT2D eigenvalue weighted by Gasteiger charge is -2.53. The van der Waals surface area contributed by atoms with Gasteiger partial charge in [-0.05, 0) is 132 Å². The number of amides is 1. The molecule has 1 N–H and O–H groups in total. The van der Waals surface area contributed by atoms with Gasteiger partial charge in [0, 0.05) is 61.2 Å². The van der Waals surface area contributed by atoms with Crippen molar-refractivity contribution in [3.8, 4) is 34.4 Å². The molecule has 63 heavy (non-hydrogen) atoms. The number of ether oxygens (including phenoxy) is 4. The zero-order valence-electron chi connectivity index (χ0n) is 37.3. The molecule has 0 aliphatic carbocycles. The van der Waals surface area contributed by atoms with Crippen LogP contribution in [-0.2, 0) is 29.3 Å². The van der Waals surface area contributed by atoms with E-state index in [-0.39, 0.29) is 24.7 Å². The molecule has 7 rings (SSSR count). The summed E-state index contributed by atoms with van der Waals surface area (Å²) in [6.07, 6.45) is 8.45. The number of hydrogen-bond donors (Lipinski definition) is 1. The van der Waals surface area contributed by atoms with E-state index in [0.717, 1.165) is 110 Å². The van der Waals surface area contributed by atoms with Crippen molar-refractivity contribution < 1.29 is 33.6 Å². The summed E-state index contributed by atoms with van der Waals surface area (Å²) in [5, 5.41) is 19.7. The molecule has 1 spiro atoms. The first-order chi connectivity index (χ1) is 30.2. The topological polar surface area (TPSA) is 138 Å². The average molecular weight is 879 g/mol. The van der Waals surface area contributed by atoms with Crippen LogP contribution in [0, 0.1) is 30.6 Å². The maximum atomic E-state index is 12.5. The van der Waals surface area contributed by atoms with Crippen molar-refractivity contribution in [3.05, 3.63) is 105 Å². The fraction of sp³-hybridized carbons (Fsp3) is 0.480. The van der Waals surface area contributed by atoms with Gasteiger partial charge < -0.3 is 33.9 Å². The van der Waals surface area contributed by atoms with Crippen LogP contribution >= 0.6 is 11.6 Å². The molecule has 1 amide bonds. The quantitative estimate of drug-likeness (QED) is 0.114. The van der Waals surface area contributed by atoms with E-state index in [9.17, 15) is 20.0 Å². The number of carbonyl (C=O) groups is 2. The van der Waals surface area contributed by atoms with Gasteiger partial charge in [0.1, 0.15) is 48.2 Å². The van der Waals surface area contributed by atoms with Gasteiger partial charge in [0.2, 0.25) is 0 Å². The van der Waals surface area contributed by atoms with Crippen molar-refractivity contribution in [2.24, 2.45) is 5.41 Å². The number of likely N-dealkylation sites (tertiary alicyclic amines) is 3. The number of hydrogen-bond acceptors (Lipinski definition) is 10. The Kier molecular flexibility index (Phi) is 14.5. The summed E-state index contributed by atoms with van der Waals surface area (Å²) >= 11 is 6.90. The Labute approximate surface area is 376 Å². The Morgan fingerprint density at radius 3 is 2.35 bits per heavy atom. The van der Waals surface area contributed by atoms with E-state index in [1.807, 2.05) is 48.8 Å². The lowest BCUT2D eigenvalue weighted by molar-refractivity contribution is -0.144. The number of pyridine rings is 1. The van der Waals surface area contributed by atoms with Gasteiger partial charge in [0.25, 0.3) is 0 Å². The predicted octanol–water partition coefficient (Wildman–Crippen LogP) is 9.59. The van der Waals surface area contributed by atoms with E-state index in [2.05, 4.69) is 48.0 Å². The van der Waals surface area contributed by atoms with Gasteiger partial charge in [-0.25, -0.2) is 4.79 Å². The molecule has 3 aromatic carbocycles. The number of halogens is 1. The van der Waals surface area contributed by atoms with Crippen molar-refractivity contribution in [2.45, 2.75) is 105 Å². The van der Waals surface area contributed by atoms with Crippen molar-refractivity contribution in [1.29, 1.82) is 5.26 Å². The molecule has 1 aromatic heterocycles. The van der Waals surface area contributed by atoms with Crippen molar-refractivity contribution in [1.82, 2.24) is 19.7 Å². The zero-order chi connectivity index (χ0) is 44.7. The first kappa shape index (κ1) is 45.7. The fourth-order valence-corrected chi connectivity index (χ4v) is 9.26. The van der Waals surface area contributed by atoms with E-state index in [4.69, 9.17) is 30.5 Å². The number of aromatic nitrogens is 1. The molecule has 334 valence electrons. The van der Waals surface area contributed by atoms with Crippen LogP contribution < -0.4 is 14.2 Å². The number of piperidine rings is 2. The number of carbonyl (C=O) groups excluding carboxylic acids is 1. The smallest absolute Gasteiger partial charge is 0.410 e.